The van der Waals surface area contributed by atoms with Gasteiger partial charge in [0.25, 0.3) is 5.91 Å². The summed E-state index contributed by atoms with van der Waals surface area (Å²) in [5, 5.41) is 7.40. The summed E-state index contributed by atoms with van der Waals surface area (Å²) < 4.78 is 12.3. The number of amidine groups is 1. The SMILES string of the molecule is CC(C)c1cc2c(cc1OC1(C)CNC1)N1C(=NNC(=O)[C@H]1C)CO2. The van der Waals surface area contributed by atoms with Crippen LogP contribution in [0.5, 0.6) is 11.5 Å². The van der Waals surface area contributed by atoms with E-state index in [4.69, 9.17) is 9.47 Å². The number of amides is 1. The summed E-state index contributed by atoms with van der Waals surface area (Å²) in [6.07, 6.45) is 0. The molecule has 3 aliphatic rings. The first-order valence-electron chi connectivity index (χ1n) is 8.74. The standard InChI is InChI=1S/C18H24N4O3/c1-10(2)12-5-15-13(6-14(12)25-18(4)8-19-9-18)22-11(3)17(23)21-20-16(22)7-24-15/h5-6,10-11,19H,7-9H2,1-4H3,(H,21,23)/t11-/m1/s1. The van der Waals surface area contributed by atoms with E-state index >= 15 is 0 Å². The smallest absolute Gasteiger partial charge is 0.262 e. The van der Waals surface area contributed by atoms with Crippen molar-refractivity contribution in [2.75, 3.05) is 24.6 Å². The molecule has 1 fully saturated rings. The van der Waals surface area contributed by atoms with Crippen molar-refractivity contribution in [2.24, 2.45) is 5.10 Å². The van der Waals surface area contributed by atoms with Gasteiger partial charge in [0.1, 0.15) is 29.7 Å². The maximum atomic E-state index is 12.1. The Kier molecular flexibility index (Phi) is 3.64. The number of hydrazone groups is 1. The second-order valence-corrected chi connectivity index (χ2v) is 7.51. The number of fused-ring (bicyclic) bond motifs is 3. The molecule has 1 atom stereocenters. The van der Waals surface area contributed by atoms with Gasteiger partial charge >= 0.3 is 0 Å². The Bertz CT molecular complexity index is 755. The normalized spacial score (nSPS) is 23.7. The van der Waals surface area contributed by atoms with Gasteiger partial charge in [-0.05, 0) is 25.8 Å². The van der Waals surface area contributed by atoms with Crippen LogP contribution in [0.15, 0.2) is 17.2 Å². The zero-order valence-electron chi connectivity index (χ0n) is 15.0. The van der Waals surface area contributed by atoms with E-state index < -0.39 is 0 Å². The number of carbonyl (C=O) groups excluding carboxylic acids is 1. The van der Waals surface area contributed by atoms with Crippen LogP contribution in [0.25, 0.3) is 0 Å². The minimum Gasteiger partial charge on any atom is -0.485 e. The van der Waals surface area contributed by atoms with E-state index in [-0.39, 0.29) is 17.6 Å². The van der Waals surface area contributed by atoms with Gasteiger partial charge in [0.2, 0.25) is 0 Å². The second-order valence-electron chi connectivity index (χ2n) is 7.51. The van der Waals surface area contributed by atoms with Crippen molar-refractivity contribution in [3.05, 3.63) is 17.7 Å². The molecule has 1 amide bonds. The fraction of sp³-hybridized carbons (Fsp3) is 0.556. The Labute approximate surface area is 147 Å². The maximum absolute atomic E-state index is 12.1. The van der Waals surface area contributed by atoms with Gasteiger partial charge in [0, 0.05) is 24.7 Å². The van der Waals surface area contributed by atoms with Gasteiger partial charge in [-0.25, -0.2) is 5.43 Å². The van der Waals surface area contributed by atoms with E-state index in [1.165, 1.54) is 0 Å². The first kappa shape index (κ1) is 16.2. The number of hydrogen-bond donors (Lipinski definition) is 2. The van der Waals surface area contributed by atoms with Gasteiger partial charge in [-0.3, -0.25) is 4.79 Å². The van der Waals surface area contributed by atoms with Gasteiger partial charge in [-0.15, -0.1) is 0 Å². The summed E-state index contributed by atoms with van der Waals surface area (Å²) in [7, 11) is 0. The van der Waals surface area contributed by atoms with E-state index in [1.54, 1.807) is 0 Å². The van der Waals surface area contributed by atoms with Gasteiger partial charge in [-0.1, -0.05) is 13.8 Å². The molecule has 0 bridgehead atoms. The largest absolute Gasteiger partial charge is 0.485 e. The molecule has 7 heteroatoms. The number of nitrogens with one attached hydrogen (secondary N) is 2. The third-order valence-electron chi connectivity index (χ3n) is 5.02. The molecule has 134 valence electrons. The van der Waals surface area contributed by atoms with Crippen LogP contribution in [-0.2, 0) is 4.79 Å². The van der Waals surface area contributed by atoms with Crippen LogP contribution in [0.2, 0.25) is 0 Å². The van der Waals surface area contributed by atoms with E-state index in [0.717, 1.165) is 35.8 Å². The van der Waals surface area contributed by atoms with E-state index in [9.17, 15) is 4.79 Å². The molecule has 0 saturated carbocycles. The summed E-state index contributed by atoms with van der Waals surface area (Å²) >= 11 is 0. The quantitative estimate of drug-likeness (QED) is 0.871. The van der Waals surface area contributed by atoms with Crippen molar-refractivity contribution in [3.8, 4) is 11.5 Å². The molecule has 3 heterocycles. The summed E-state index contributed by atoms with van der Waals surface area (Å²) in [4.78, 5) is 14.0. The van der Waals surface area contributed by atoms with Crippen LogP contribution in [0.1, 0.15) is 39.2 Å². The third kappa shape index (κ3) is 2.63. The van der Waals surface area contributed by atoms with Crippen LogP contribution in [0, 0.1) is 0 Å². The molecule has 25 heavy (non-hydrogen) atoms. The van der Waals surface area contributed by atoms with E-state index in [2.05, 4.69) is 36.6 Å². The van der Waals surface area contributed by atoms with Gasteiger partial charge in [0.05, 0.1) is 5.69 Å². The number of nitrogens with zero attached hydrogens (tertiary/aromatic N) is 2. The predicted octanol–water partition coefficient (Wildman–Crippen LogP) is 1.58. The zero-order chi connectivity index (χ0) is 17.8. The van der Waals surface area contributed by atoms with Crippen molar-refractivity contribution in [2.45, 2.75) is 45.3 Å². The monoisotopic (exact) mass is 344 g/mol. The minimum absolute atomic E-state index is 0.123. The Morgan fingerprint density at radius 3 is 2.80 bits per heavy atom. The molecule has 0 aliphatic carbocycles. The molecule has 1 saturated heterocycles. The molecule has 2 N–H and O–H groups in total. The number of hydrogen-bond acceptors (Lipinski definition) is 6. The van der Waals surface area contributed by atoms with E-state index in [1.807, 2.05) is 24.0 Å². The molecule has 1 aromatic carbocycles. The lowest BCUT2D eigenvalue weighted by atomic mass is 9.97. The number of anilines is 1. The molecular formula is C18H24N4O3. The predicted molar refractivity (Wildman–Crippen MR) is 95.4 cm³/mol. The molecule has 0 radical (unpaired) electrons. The third-order valence-corrected chi connectivity index (χ3v) is 5.02. The molecule has 3 aliphatic heterocycles. The lowest BCUT2D eigenvalue weighted by molar-refractivity contribution is -0.122. The van der Waals surface area contributed by atoms with Crippen LogP contribution in [0.4, 0.5) is 5.69 Å². The zero-order valence-corrected chi connectivity index (χ0v) is 15.0. The highest BCUT2D eigenvalue weighted by Crippen LogP contribution is 2.43. The van der Waals surface area contributed by atoms with Crippen LogP contribution in [-0.4, -0.2) is 43.1 Å². The highest BCUT2D eigenvalue weighted by Gasteiger charge is 2.38. The lowest BCUT2D eigenvalue weighted by Gasteiger charge is -2.42. The number of benzene rings is 1. The number of ether oxygens (including phenoxy) is 2. The Hall–Kier alpha value is -2.28. The fourth-order valence-corrected chi connectivity index (χ4v) is 3.42. The minimum atomic E-state index is -0.339. The number of carbonyl (C=O) groups is 1. The van der Waals surface area contributed by atoms with Gasteiger partial charge in [0.15, 0.2) is 5.84 Å². The van der Waals surface area contributed by atoms with Gasteiger partial charge in [-0.2, -0.15) is 5.10 Å². The van der Waals surface area contributed by atoms with Crippen LogP contribution >= 0.6 is 0 Å². The summed E-state index contributed by atoms with van der Waals surface area (Å²) in [6.45, 7) is 10.3. The van der Waals surface area contributed by atoms with E-state index in [0.29, 0.717) is 18.4 Å². The van der Waals surface area contributed by atoms with Crippen molar-refractivity contribution >= 4 is 17.4 Å². The summed E-state index contributed by atoms with van der Waals surface area (Å²) in [6, 6.07) is 3.70. The molecule has 1 aromatic rings. The topological polar surface area (TPSA) is 75.2 Å². The molecule has 7 nitrogen and oxygen atoms in total. The lowest BCUT2D eigenvalue weighted by Crippen LogP contribution is -2.61. The molecule has 0 spiro atoms. The van der Waals surface area contributed by atoms with Gasteiger partial charge < -0.3 is 19.7 Å². The highest BCUT2D eigenvalue weighted by atomic mass is 16.5. The summed E-state index contributed by atoms with van der Waals surface area (Å²) in [5.74, 6) is 2.51. The Balaban J connectivity index is 1.79. The first-order chi connectivity index (χ1) is 11.9. The Morgan fingerprint density at radius 1 is 1.40 bits per heavy atom. The van der Waals surface area contributed by atoms with Crippen molar-refractivity contribution in [3.63, 3.8) is 0 Å². The molecular weight excluding hydrogens is 320 g/mol. The van der Waals surface area contributed by atoms with Crippen LogP contribution < -0.4 is 25.1 Å². The molecule has 0 unspecified atom stereocenters. The number of rotatable bonds is 3. The van der Waals surface area contributed by atoms with Crippen molar-refractivity contribution in [1.82, 2.24) is 10.7 Å². The molecule has 4 rings (SSSR count). The fourth-order valence-electron chi connectivity index (χ4n) is 3.42. The van der Waals surface area contributed by atoms with Crippen LogP contribution in [0.3, 0.4) is 0 Å². The first-order valence-corrected chi connectivity index (χ1v) is 8.74. The summed E-state index contributed by atoms with van der Waals surface area (Å²) in [5.41, 5.74) is 4.30. The van der Waals surface area contributed by atoms with Crippen molar-refractivity contribution < 1.29 is 14.3 Å². The average molecular weight is 344 g/mol. The van der Waals surface area contributed by atoms with Crippen molar-refractivity contribution in [1.29, 1.82) is 0 Å². The Morgan fingerprint density at radius 2 is 2.16 bits per heavy atom. The highest BCUT2D eigenvalue weighted by molar-refractivity contribution is 6.09. The maximum Gasteiger partial charge on any atom is 0.262 e. The molecule has 0 aromatic heterocycles. The average Bonchev–Trinajstić information content (AvgIpc) is 2.55. The second kappa shape index (κ2) is 5.62.